The second-order valence-electron chi connectivity index (χ2n) is 6.34. The van der Waals surface area contributed by atoms with Crippen LogP contribution in [0.15, 0.2) is 54.9 Å². The van der Waals surface area contributed by atoms with Crippen LogP contribution in [-0.4, -0.2) is 39.0 Å². The number of imidazole rings is 1. The normalized spacial score (nSPS) is 11.8. The molecule has 0 saturated carbocycles. The Labute approximate surface area is 161 Å². The number of hydrogen-bond acceptors (Lipinski definition) is 4. The first-order valence-corrected chi connectivity index (χ1v) is 8.71. The number of fused-ring (bicyclic) bond motifs is 1. The van der Waals surface area contributed by atoms with Crippen molar-refractivity contribution >= 4 is 34.5 Å². The zero-order valence-electron chi connectivity index (χ0n) is 15.3. The van der Waals surface area contributed by atoms with Crippen LogP contribution in [-0.2, 0) is 14.4 Å². The summed E-state index contributed by atoms with van der Waals surface area (Å²) in [4.78, 5) is 38.7. The van der Waals surface area contributed by atoms with Crippen LogP contribution in [0.2, 0.25) is 0 Å². The third-order valence-corrected chi connectivity index (χ3v) is 4.24. The maximum Gasteiger partial charge on any atom is 0.305 e. The fraction of sp³-hybridized carbons (Fsp3) is 0.200. The summed E-state index contributed by atoms with van der Waals surface area (Å²) in [5.41, 5.74) is 2.77. The Hall–Kier alpha value is -3.68. The quantitative estimate of drug-likeness (QED) is 0.581. The van der Waals surface area contributed by atoms with Crippen molar-refractivity contribution in [1.29, 1.82) is 0 Å². The molecule has 0 fully saturated rings. The van der Waals surface area contributed by atoms with Gasteiger partial charge in [-0.05, 0) is 23.8 Å². The van der Waals surface area contributed by atoms with E-state index in [0.717, 1.165) is 5.56 Å². The summed E-state index contributed by atoms with van der Waals surface area (Å²) in [7, 11) is 0. The van der Waals surface area contributed by atoms with E-state index in [-0.39, 0.29) is 24.8 Å². The maximum absolute atomic E-state index is 12.0. The van der Waals surface area contributed by atoms with Crippen molar-refractivity contribution in [3.63, 3.8) is 0 Å². The molecule has 3 aromatic rings. The number of carbonyl (C=O) groups is 3. The van der Waals surface area contributed by atoms with Gasteiger partial charge in [-0.1, -0.05) is 30.3 Å². The second-order valence-corrected chi connectivity index (χ2v) is 6.34. The van der Waals surface area contributed by atoms with Crippen molar-refractivity contribution in [2.24, 2.45) is 0 Å². The summed E-state index contributed by atoms with van der Waals surface area (Å²) in [6, 6.07) is 14.1. The Morgan fingerprint density at radius 1 is 1.14 bits per heavy atom. The van der Waals surface area contributed by atoms with E-state index >= 15 is 0 Å². The molecule has 0 saturated heterocycles. The first-order valence-electron chi connectivity index (χ1n) is 8.71. The van der Waals surface area contributed by atoms with Crippen LogP contribution in [0.5, 0.6) is 0 Å². The van der Waals surface area contributed by atoms with Crippen molar-refractivity contribution in [3.05, 3.63) is 60.4 Å². The molecule has 0 aliphatic rings. The molecule has 1 aromatic heterocycles. The van der Waals surface area contributed by atoms with Crippen LogP contribution in [0, 0.1) is 0 Å². The molecule has 1 unspecified atom stereocenters. The molecule has 0 aliphatic heterocycles. The van der Waals surface area contributed by atoms with Gasteiger partial charge in [0.15, 0.2) is 0 Å². The Morgan fingerprint density at radius 3 is 2.57 bits per heavy atom. The minimum Gasteiger partial charge on any atom is -0.481 e. The highest BCUT2D eigenvalue weighted by Gasteiger charge is 2.20. The molecule has 0 spiro atoms. The summed E-state index contributed by atoms with van der Waals surface area (Å²) < 4.78 is 1.79. The summed E-state index contributed by atoms with van der Waals surface area (Å²) >= 11 is 0. The fourth-order valence-electron chi connectivity index (χ4n) is 2.98. The molecular weight excluding hydrogens is 360 g/mol. The number of benzene rings is 2. The number of carboxylic acids is 1. The van der Waals surface area contributed by atoms with E-state index in [1.54, 1.807) is 29.1 Å². The zero-order valence-corrected chi connectivity index (χ0v) is 15.3. The van der Waals surface area contributed by atoms with Gasteiger partial charge in [-0.15, -0.1) is 0 Å². The number of rotatable bonds is 7. The van der Waals surface area contributed by atoms with E-state index < -0.39 is 12.0 Å². The second kappa shape index (κ2) is 8.34. The molecule has 2 aromatic carbocycles. The molecule has 28 heavy (non-hydrogen) atoms. The van der Waals surface area contributed by atoms with Gasteiger partial charge in [0.2, 0.25) is 11.8 Å². The summed E-state index contributed by atoms with van der Waals surface area (Å²) in [5.74, 6) is -1.57. The van der Waals surface area contributed by atoms with Gasteiger partial charge < -0.3 is 20.3 Å². The minimum atomic E-state index is -0.921. The number of aromatic nitrogens is 2. The van der Waals surface area contributed by atoms with Crippen molar-refractivity contribution in [2.75, 3.05) is 11.9 Å². The van der Waals surface area contributed by atoms with Crippen LogP contribution in [0.1, 0.15) is 24.9 Å². The Morgan fingerprint density at radius 2 is 1.89 bits per heavy atom. The van der Waals surface area contributed by atoms with Crippen molar-refractivity contribution in [3.8, 4) is 0 Å². The van der Waals surface area contributed by atoms with Crippen molar-refractivity contribution in [2.45, 2.75) is 19.4 Å². The first-order chi connectivity index (χ1) is 13.4. The standard InChI is InChI=1S/C20H20N4O4/c1-13(25)21-11-19(26)23-15-7-8-16-18(9-15)24(12-22-16)17(10-20(27)28)14-5-3-2-4-6-14/h2-9,12,17H,10-11H2,1H3,(H,21,25)(H,23,26)(H,27,28). The number of nitrogens with zero attached hydrogens (tertiary/aromatic N) is 2. The molecule has 3 N–H and O–H groups in total. The number of nitrogens with one attached hydrogen (secondary N) is 2. The van der Waals surface area contributed by atoms with Crippen LogP contribution >= 0.6 is 0 Å². The molecule has 2 amide bonds. The topological polar surface area (TPSA) is 113 Å². The van der Waals surface area contributed by atoms with E-state index in [1.165, 1.54) is 6.92 Å². The number of aliphatic carboxylic acids is 1. The molecule has 1 heterocycles. The van der Waals surface area contributed by atoms with E-state index in [1.807, 2.05) is 30.3 Å². The fourth-order valence-corrected chi connectivity index (χ4v) is 2.98. The van der Waals surface area contributed by atoms with Crippen LogP contribution in [0.25, 0.3) is 11.0 Å². The van der Waals surface area contributed by atoms with Gasteiger partial charge in [-0.2, -0.15) is 0 Å². The molecule has 1 atom stereocenters. The number of carboxylic acid groups (broad SMARTS) is 1. The number of anilines is 1. The summed E-state index contributed by atoms with van der Waals surface area (Å²) in [6.07, 6.45) is 1.50. The number of amides is 2. The molecular formula is C20H20N4O4. The van der Waals surface area contributed by atoms with Gasteiger partial charge >= 0.3 is 5.97 Å². The van der Waals surface area contributed by atoms with Gasteiger partial charge in [0.1, 0.15) is 0 Å². The van der Waals surface area contributed by atoms with Gasteiger partial charge in [-0.25, -0.2) is 4.98 Å². The molecule has 0 radical (unpaired) electrons. The van der Waals surface area contributed by atoms with Crippen molar-refractivity contribution in [1.82, 2.24) is 14.9 Å². The third-order valence-electron chi connectivity index (χ3n) is 4.24. The molecule has 8 heteroatoms. The molecule has 3 rings (SSSR count). The van der Waals surface area contributed by atoms with Gasteiger partial charge in [0, 0.05) is 12.6 Å². The molecule has 0 aliphatic carbocycles. The predicted molar refractivity (Wildman–Crippen MR) is 104 cm³/mol. The lowest BCUT2D eigenvalue weighted by molar-refractivity contribution is -0.137. The van der Waals surface area contributed by atoms with Crippen LogP contribution < -0.4 is 10.6 Å². The third kappa shape index (κ3) is 4.53. The van der Waals surface area contributed by atoms with Crippen LogP contribution in [0.4, 0.5) is 5.69 Å². The lowest BCUT2D eigenvalue weighted by atomic mass is 10.0. The number of hydrogen-bond donors (Lipinski definition) is 3. The SMILES string of the molecule is CC(=O)NCC(=O)Nc1ccc2ncn(C(CC(=O)O)c3ccccc3)c2c1. The Bertz CT molecular complexity index is 1010. The average molecular weight is 380 g/mol. The lowest BCUT2D eigenvalue weighted by Gasteiger charge is -2.18. The summed E-state index contributed by atoms with van der Waals surface area (Å²) in [6.45, 7) is 1.21. The molecule has 0 bridgehead atoms. The van der Waals surface area contributed by atoms with Gasteiger partial charge in [-0.3, -0.25) is 14.4 Å². The van der Waals surface area contributed by atoms with Crippen molar-refractivity contribution < 1.29 is 19.5 Å². The predicted octanol–water partition coefficient (Wildman–Crippen LogP) is 2.17. The Balaban J connectivity index is 1.93. The monoisotopic (exact) mass is 380 g/mol. The zero-order chi connectivity index (χ0) is 20.1. The average Bonchev–Trinajstić information content (AvgIpc) is 3.08. The van der Waals surface area contributed by atoms with E-state index in [4.69, 9.17) is 0 Å². The van der Waals surface area contributed by atoms with Gasteiger partial charge in [0.05, 0.1) is 36.4 Å². The smallest absolute Gasteiger partial charge is 0.305 e. The Kier molecular flexibility index (Phi) is 5.69. The lowest BCUT2D eigenvalue weighted by Crippen LogP contribution is -2.31. The highest BCUT2D eigenvalue weighted by atomic mass is 16.4. The molecule has 144 valence electrons. The van der Waals surface area contributed by atoms with E-state index in [2.05, 4.69) is 15.6 Å². The maximum atomic E-state index is 12.0. The highest BCUT2D eigenvalue weighted by molar-refractivity contribution is 5.95. The van der Waals surface area contributed by atoms with E-state index in [0.29, 0.717) is 16.7 Å². The van der Waals surface area contributed by atoms with Gasteiger partial charge in [0.25, 0.3) is 0 Å². The highest BCUT2D eigenvalue weighted by Crippen LogP contribution is 2.28. The summed E-state index contributed by atoms with van der Waals surface area (Å²) in [5, 5.41) is 14.5. The van der Waals surface area contributed by atoms with E-state index in [9.17, 15) is 19.5 Å². The minimum absolute atomic E-state index is 0.103. The molecule has 8 nitrogen and oxygen atoms in total. The number of carbonyl (C=O) groups excluding carboxylic acids is 2. The first kappa shape index (κ1) is 19.1. The largest absolute Gasteiger partial charge is 0.481 e. The van der Waals surface area contributed by atoms with Crippen LogP contribution in [0.3, 0.4) is 0 Å².